The van der Waals surface area contributed by atoms with Crippen molar-refractivity contribution in [1.29, 1.82) is 0 Å². The zero-order valence-corrected chi connectivity index (χ0v) is 13.1. The highest BCUT2D eigenvalue weighted by atomic mass is 32.2. The fourth-order valence-electron chi connectivity index (χ4n) is 2.01. The van der Waals surface area contributed by atoms with Gasteiger partial charge in [-0.25, -0.2) is 12.7 Å². The number of nitrogens with two attached hydrogens (primary N) is 1. The fourth-order valence-corrected chi connectivity index (χ4v) is 3.18. The van der Waals surface area contributed by atoms with Crippen molar-refractivity contribution in [1.82, 2.24) is 4.31 Å². The van der Waals surface area contributed by atoms with E-state index in [9.17, 15) is 8.42 Å². The van der Waals surface area contributed by atoms with Gasteiger partial charge in [-0.1, -0.05) is 24.3 Å². The van der Waals surface area contributed by atoms with Crippen molar-refractivity contribution in [2.24, 2.45) is 5.73 Å². The maximum absolute atomic E-state index is 12.4. The van der Waals surface area contributed by atoms with Gasteiger partial charge < -0.3 is 10.2 Å². The van der Waals surface area contributed by atoms with Gasteiger partial charge in [0.15, 0.2) is 0 Å². The van der Waals surface area contributed by atoms with E-state index in [4.69, 9.17) is 10.2 Å². The molecule has 0 fully saturated rings. The Morgan fingerprint density at radius 2 is 1.76 bits per heavy atom. The van der Waals surface area contributed by atoms with Crippen LogP contribution in [-0.2, 0) is 28.9 Å². The highest BCUT2D eigenvalue weighted by Gasteiger charge is 2.20. The predicted molar refractivity (Wildman–Crippen MR) is 81.9 cm³/mol. The number of hydrogen-bond acceptors (Lipinski definition) is 4. The Bertz CT molecular complexity index is 690. The monoisotopic (exact) mass is 308 g/mol. The molecular weight excluding hydrogens is 288 g/mol. The molecule has 6 heteroatoms. The minimum Gasteiger partial charge on any atom is -0.469 e. The van der Waals surface area contributed by atoms with E-state index in [0.717, 1.165) is 22.5 Å². The van der Waals surface area contributed by atoms with Gasteiger partial charge in [0.25, 0.3) is 0 Å². The molecule has 0 saturated carbocycles. The van der Waals surface area contributed by atoms with Gasteiger partial charge >= 0.3 is 0 Å². The molecule has 0 radical (unpaired) electrons. The lowest BCUT2D eigenvalue weighted by Gasteiger charge is -2.17. The lowest BCUT2D eigenvalue weighted by molar-refractivity contribution is 0.458. The van der Waals surface area contributed by atoms with Crippen LogP contribution in [0.3, 0.4) is 0 Å². The minimum atomic E-state index is -3.37. The standard InChI is InChI=1S/C15H20N2O3S/c1-12-15(7-8-20-12)10-17(2)21(18,19)11-14-5-3-13(9-16)4-6-14/h3-8H,9-11,16H2,1-2H3. The van der Waals surface area contributed by atoms with Gasteiger partial charge in [0.1, 0.15) is 5.76 Å². The molecule has 21 heavy (non-hydrogen) atoms. The van der Waals surface area contributed by atoms with Gasteiger partial charge in [0, 0.05) is 25.7 Å². The number of benzene rings is 1. The summed E-state index contributed by atoms with van der Waals surface area (Å²) in [6, 6.07) is 9.10. The van der Waals surface area contributed by atoms with E-state index < -0.39 is 10.0 Å². The van der Waals surface area contributed by atoms with Crippen LogP contribution < -0.4 is 5.73 Å². The Hall–Kier alpha value is -1.63. The Balaban J connectivity index is 2.08. The number of aryl methyl sites for hydroxylation is 1. The summed E-state index contributed by atoms with van der Waals surface area (Å²) >= 11 is 0. The molecule has 1 aromatic heterocycles. The third-order valence-corrected chi connectivity index (χ3v) is 5.22. The van der Waals surface area contributed by atoms with Crippen LogP contribution in [0.25, 0.3) is 0 Å². The van der Waals surface area contributed by atoms with Crippen molar-refractivity contribution in [3.63, 3.8) is 0 Å². The summed E-state index contributed by atoms with van der Waals surface area (Å²) in [6.45, 7) is 2.58. The number of hydrogen-bond donors (Lipinski definition) is 1. The number of sulfonamides is 1. The quantitative estimate of drug-likeness (QED) is 0.885. The van der Waals surface area contributed by atoms with E-state index in [1.807, 2.05) is 19.1 Å². The van der Waals surface area contributed by atoms with Crippen LogP contribution in [0.1, 0.15) is 22.5 Å². The van der Waals surface area contributed by atoms with Gasteiger partial charge in [0.05, 0.1) is 12.0 Å². The highest BCUT2D eigenvalue weighted by molar-refractivity contribution is 7.88. The molecule has 2 aromatic rings. The Labute approximate surface area is 125 Å². The van der Waals surface area contributed by atoms with Crippen molar-refractivity contribution >= 4 is 10.0 Å². The first-order valence-corrected chi connectivity index (χ1v) is 8.28. The SMILES string of the molecule is Cc1occc1CN(C)S(=O)(=O)Cc1ccc(CN)cc1. The van der Waals surface area contributed by atoms with Crippen LogP contribution in [0, 0.1) is 6.92 Å². The van der Waals surface area contributed by atoms with E-state index in [0.29, 0.717) is 13.1 Å². The van der Waals surface area contributed by atoms with Crippen molar-refractivity contribution in [2.75, 3.05) is 7.05 Å². The molecule has 0 bridgehead atoms. The summed E-state index contributed by atoms with van der Waals surface area (Å²) in [6.07, 6.45) is 1.57. The predicted octanol–water partition coefficient (Wildman–Crippen LogP) is 2.01. The van der Waals surface area contributed by atoms with Crippen molar-refractivity contribution in [2.45, 2.75) is 25.8 Å². The molecule has 0 aliphatic carbocycles. The molecular formula is C15H20N2O3S. The molecule has 0 amide bonds. The van der Waals surface area contributed by atoms with Gasteiger partial charge in [0.2, 0.25) is 10.0 Å². The molecule has 0 unspecified atom stereocenters. The molecule has 5 nitrogen and oxygen atoms in total. The highest BCUT2D eigenvalue weighted by Crippen LogP contribution is 2.16. The maximum Gasteiger partial charge on any atom is 0.218 e. The van der Waals surface area contributed by atoms with E-state index in [2.05, 4.69) is 0 Å². The molecule has 2 N–H and O–H groups in total. The minimum absolute atomic E-state index is 0.0226. The van der Waals surface area contributed by atoms with Crippen LogP contribution in [0.4, 0.5) is 0 Å². The topological polar surface area (TPSA) is 76.5 Å². The van der Waals surface area contributed by atoms with Gasteiger partial charge in [-0.15, -0.1) is 0 Å². The molecule has 2 rings (SSSR count). The van der Waals surface area contributed by atoms with E-state index in [1.165, 1.54) is 4.31 Å². The fraction of sp³-hybridized carbons (Fsp3) is 0.333. The second-order valence-corrected chi connectivity index (χ2v) is 7.11. The van der Waals surface area contributed by atoms with Crippen molar-refractivity contribution < 1.29 is 12.8 Å². The molecule has 1 aromatic carbocycles. The largest absolute Gasteiger partial charge is 0.469 e. The first-order valence-electron chi connectivity index (χ1n) is 6.67. The average molecular weight is 308 g/mol. The summed E-state index contributed by atoms with van der Waals surface area (Å²) in [5, 5.41) is 0. The summed E-state index contributed by atoms with van der Waals surface area (Å²) in [4.78, 5) is 0. The maximum atomic E-state index is 12.4. The Morgan fingerprint density at radius 1 is 1.14 bits per heavy atom. The van der Waals surface area contributed by atoms with Crippen molar-refractivity contribution in [3.8, 4) is 0 Å². The van der Waals surface area contributed by atoms with Crippen molar-refractivity contribution in [3.05, 3.63) is 59.0 Å². The summed E-state index contributed by atoms with van der Waals surface area (Å²) in [5.41, 5.74) is 8.14. The first kappa shape index (κ1) is 15.8. The zero-order chi connectivity index (χ0) is 15.5. The van der Waals surface area contributed by atoms with Crippen LogP contribution in [0.15, 0.2) is 41.0 Å². The van der Waals surface area contributed by atoms with Gasteiger partial charge in [-0.05, 0) is 24.1 Å². The van der Waals surface area contributed by atoms with Crippen LogP contribution in [0.2, 0.25) is 0 Å². The van der Waals surface area contributed by atoms with Crippen LogP contribution in [-0.4, -0.2) is 19.8 Å². The van der Waals surface area contributed by atoms with Crippen LogP contribution in [0.5, 0.6) is 0 Å². The van der Waals surface area contributed by atoms with Crippen LogP contribution >= 0.6 is 0 Å². The molecule has 0 atom stereocenters. The zero-order valence-electron chi connectivity index (χ0n) is 12.2. The molecule has 114 valence electrons. The lowest BCUT2D eigenvalue weighted by Crippen LogP contribution is -2.27. The van der Waals surface area contributed by atoms with Gasteiger partial charge in [-0.3, -0.25) is 0 Å². The van der Waals surface area contributed by atoms with E-state index in [1.54, 1.807) is 31.5 Å². The molecule has 0 saturated heterocycles. The lowest BCUT2D eigenvalue weighted by atomic mass is 10.1. The molecule has 0 aliphatic heterocycles. The summed E-state index contributed by atoms with van der Waals surface area (Å²) in [7, 11) is -1.79. The van der Waals surface area contributed by atoms with Gasteiger partial charge in [-0.2, -0.15) is 0 Å². The first-order chi connectivity index (χ1) is 9.92. The number of furan rings is 1. The Morgan fingerprint density at radius 3 is 2.29 bits per heavy atom. The number of rotatable bonds is 6. The summed E-state index contributed by atoms with van der Waals surface area (Å²) in [5.74, 6) is 0.718. The second kappa shape index (κ2) is 6.43. The normalized spacial score (nSPS) is 12.0. The summed E-state index contributed by atoms with van der Waals surface area (Å²) < 4.78 is 31.3. The molecule has 1 heterocycles. The molecule has 0 aliphatic rings. The average Bonchev–Trinajstić information content (AvgIpc) is 2.85. The smallest absolute Gasteiger partial charge is 0.218 e. The third-order valence-electron chi connectivity index (χ3n) is 3.44. The molecule has 0 spiro atoms. The van der Waals surface area contributed by atoms with E-state index >= 15 is 0 Å². The number of nitrogens with zero attached hydrogens (tertiary/aromatic N) is 1. The Kier molecular flexibility index (Phi) is 4.82. The second-order valence-electron chi connectivity index (χ2n) is 5.03. The van der Waals surface area contributed by atoms with E-state index in [-0.39, 0.29) is 5.75 Å². The third kappa shape index (κ3) is 3.93.